The average molecular weight is 144 g/mol. The maximum absolute atomic E-state index is 10.4. The normalized spacial score (nSPS) is 8.10. The summed E-state index contributed by atoms with van der Waals surface area (Å²) < 4.78 is 8.37. The Morgan fingerprint density at radius 3 is 2.50 bits per heavy atom. The first-order valence-corrected chi connectivity index (χ1v) is 2.58. The first-order chi connectivity index (χ1) is 4.72. The lowest BCUT2D eigenvalue weighted by molar-refractivity contribution is -0.165. The van der Waals surface area contributed by atoms with E-state index in [2.05, 4.69) is 16.1 Å². The van der Waals surface area contributed by atoms with Gasteiger partial charge in [-0.3, -0.25) is 0 Å². The minimum atomic E-state index is -0.998. The van der Waals surface area contributed by atoms with E-state index in [0.717, 1.165) is 7.11 Å². The van der Waals surface area contributed by atoms with Crippen molar-refractivity contribution >= 4 is 11.9 Å². The van der Waals surface area contributed by atoms with Crippen molar-refractivity contribution in [1.29, 1.82) is 0 Å². The molecule has 0 amide bonds. The zero-order chi connectivity index (χ0) is 7.98. The molecule has 0 atom stereocenters. The Kier molecular flexibility index (Phi) is 3.95. The van der Waals surface area contributed by atoms with Gasteiger partial charge in [-0.05, 0) is 0 Å². The third-order valence-electron chi connectivity index (χ3n) is 0.684. The van der Waals surface area contributed by atoms with Gasteiger partial charge in [0.2, 0.25) is 0 Å². The SMILES string of the molecule is C=CCOC(=O)C(=O)OC. The van der Waals surface area contributed by atoms with Gasteiger partial charge in [0.15, 0.2) is 0 Å². The summed E-state index contributed by atoms with van der Waals surface area (Å²) in [5, 5.41) is 0. The highest BCUT2D eigenvalue weighted by Crippen LogP contribution is 1.81. The van der Waals surface area contributed by atoms with Crippen LogP contribution in [0.15, 0.2) is 12.7 Å². The fraction of sp³-hybridized carbons (Fsp3) is 0.333. The lowest BCUT2D eigenvalue weighted by Gasteiger charge is -1.97. The third-order valence-corrected chi connectivity index (χ3v) is 0.684. The van der Waals surface area contributed by atoms with E-state index in [1.54, 1.807) is 0 Å². The monoisotopic (exact) mass is 144 g/mol. The fourth-order valence-electron chi connectivity index (χ4n) is 0.277. The first kappa shape index (κ1) is 8.68. The molecular formula is C6H8O4. The van der Waals surface area contributed by atoms with E-state index >= 15 is 0 Å². The summed E-state index contributed by atoms with van der Waals surface area (Å²) >= 11 is 0. The van der Waals surface area contributed by atoms with Crippen LogP contribution in [0.4, 0.5) is 0 Å². The van der Waals surface area contributed by atoms with E-state index in [-0.39, 0.29) is 6.61 Å². The molecule has 0 radical (unpaired) electrons. The largest absolute Gasteiger partial charge is 0.461 e. The Morgan fingerprint density at radius 1 is 1.50 bits per heavy atom. The maximum Gasteiger partial charge on any atom is 0.417 e. The summed E-state index contributed by atoms with van der Waals surface area (Å²) in [6.45, 7) is 3.31. The summed E-state index contributed by atoms with van der Waals surface area (Å²) in [5.74, 6) is -2.00. The van der Waals surface area contributed by atoms with Gasteiger partial charge < -0.3 is 9.47 Å². The Bertz CT molecular complexity index is 150. The number of rotatable bonds is 2. The number of esters is 2. The van der Waals surface area contributed by atoms with E-state index < -0.39 is 11.9 Å². The van der Waals surface area contributed by atoms with E-state index in [9.17, 15) is 9.59 Å². The summed E-state index contributed by atoms with van der Waals surface area (Å²) in [7, 11) is 1.11. The summed E-state index contributed by atoms with van der Waals surface area (Å²) in [6, 6.07) is 0. The van der Waals surface area contributed by atoms with Gasteiger partial charge in [-0.2, -0.15) is 0 Å². The number of hydrogen-bond acceptors (Lipinski definition) is 4. The maximum atomic E-state index is 10.4. The molecule has 4 heteroatoms. The minimum Gasteiger partial charge on any atom is -0.461 e. The topological polar surface area (TPSA) is 52.6 Å². The third kappa shape index (κ3) is 2.86. The lowest BCUT2D eigenvalue weighted by Crippen LogP contribution is -2.18. The van der Waals surface area contributed by atoms with Gasteiger partial charge in [-0.15, -0.1) is 0 Å². The van der Waals surface area contributed by atoms with E-state index in [4.69, 9.17) is 0 Å². The Hall–Kier alpha value is -1.32. The number of hydrogen-bond donors (Lipinski definition) is 0. The molecule has 0 saturated heterocycles. The van der Waals surface area contributed by atoms with Crippen LogP contribution in [0, 0.1) is 0 Å². The van der Waals surface area contributed by atoms with Crippen LogP contribution in [0.25, 0.3) is 0 Å². The average Bonchev–Trinajstić information content (AvgIpc) is 1.98. The predicted molar refractivity (Wildman–Crippen MR) is 33.2 cm³/mol. The van der Waals surface area contributed by atoms with Gasteiger partial charge in [0.05, 0.1) is 7.11 Å². The number of ether oxygens (including phenoxy) is 2. The molecule has 0 aromatic heterocycles. The van der Waals surface area contributed by atoms with Crippen molar-refractivity contribution in [2.24, 2.45) is 0 Å². The molecule has 4 nitrogen and oxygen atoms in total. The van der Waals surface area contributed by atoms with Gasteiger partial charge >= 0.3 is 11.9 Å². The Balaban J connectivity index is 3.62. The molecule has 0 saturated carbocycles. The van der Waals surface area contributed by atoms with Gasteiger partial charge in [0.1, 0.15) is 6.61 Å². The zero-order valence-corrected chi connectivity index (χ0v) is 5.62. The van der Waals surface area contributed by atoms with Crippen molar-refractivity contribution in [3.8, 4) is 0 Å². The molecule has 10 heavy (non-hydrogen) atoms. The van der Waals surface area contributed by atoms with E-state index in [1.807, 2.05) is 0 Å². The second kappa shape index (κ2) is 4.55. The molecular weight excluding hydrogens is 136 g/mol. The standard InChI is InChI=1S/C6H8O4/c1-3-4-10-6(8)5(7)9-2/h3H,1,4H2,2H3. The highest BCUT2D eigenvalue weighted by molar-refractivity contribution is 6.29. The van der Waals surface area contributed by atoms with Crippen molar-refractivity contribution in [3.63, 3.8) is 0 Å². The molecule has 0 aliphatic heterocycles. The predicted octanol–water partition coefficient (Wildman–Crippen LogP) is -0.111. The van der Waals surface area contributed by atoms with Crippen molar-refractivity contribution < 1.29 is 19.1 Å². The van der Waals surface area contributed by atoms with Crippen LogP contribution in [-0.4, -0.2) is 25.7 Å². The van der Waals surface area contributed by atoms with Crippen LogP contribution in [0.1, 0.15) is 0 Å². The second-order valence-corrected chi connectivity index (χ2v) is 1.38. The molecule has 0 unspecified atom stereocenters. The summed E-state index contributed by atoms with van der Waals surface area (Å²) in [4.78, 5) is 20.7. The molecule has 0 spiro atoms. The molecule has 0 aromatic rings. The van der Waals surface area contributed by atoms with Crippen LogP contribution in [0.3, 0.4) is 0 Å². The number of methoxy groups -OCH3 is 1. The molecule has 0 heterocycles. The Labute approximate surface area is 58.4 Å². The summed E-state index contributed by atoms with van der Waals surface area (Å²) in [5.41, 5.74) is 0. The van der Waals surface area contributed by atoms with Crippen LogP contribution in [0.5, 0.6) is 0 Å². The van der Waals surface area contributed by atoms with E-state index in [1.165, 1.54) is 6.08 Å². The highest BCUT2D eigenvalue weighted by Gasteiger charge is 2.13. The number of carbonyl (C=O) groups excluding carboxylic acids is 2. The van der Waals surface area contributed by atoms with Crippen LogP contribution >= 0.6 is 0 Å². The summed E-state index contributed by atoms with van der Waals surface area (Å²) in [6.07, 6.45) is 1.36. The van der Waals surface area contributed by atoms with Crippen molar-refractivity contribution in [1.82, 2.24) is 0 Å². The molecule has 56 valence electrons. The first-order valence-electron chi connectivity index (χ1n) is 2.58. The van der Waals surface area contributed by atoms with Gasteiger partial charge in [-0.1, -0.05) is 12.7 Å². The quantitative estimate of drug-likeness (QED) is 0.308. The van der Waals surface area contributed by atoms with Gasteiger partial charge in [-0.25, -0.2) is 9.59 Å². The highest BCUT2D eigenvalue weighted by atomic mass is 16.6. The van der Waals surface area contributed by atoms with E-state index in [0.29, 0.717) is 0 Å². The van der Waals surface area contributed by atoms with Crippen molar-refractivity contribution in [2.75, 3.05) is 13.7 Å². The molecule has 0 N–H and O–H groups in total. The zero-order valence-electron chi connectivity index (χ0n) is 5.62. The van der Waals surface area contributed by atoms with Crippen LogP contribution in [-0.2, 0) is 19.1 Å². The number of carbonyl (C=O) groups is 2. The van der Waals surface area contributed by atoms with Gasteiger partial charge in [0.25, 0.3) is 0 Å². The van der Waals surface area contributed by atoms with Gasteiger partial charge in [0, 0.05) is 0 Å². The van der Waals surface area contributed by atoms with Crippen LogP contribution < -0.4 is 0 Å². The molecule has 0 aromatic carbocycles. The fourth-order valence-corrected chi connectivity index (χ4v) is 0.277. The molecule has 0 fully saturated rings. The smallest absolute Gasteiger partial charge is 0.417 e. The Morgan fingerprint density at radius 2 is 2.10 bits per heavy atom. The van der Waals surface area contributed by atoms with Crippen LogP contribution in [0.2, 0.25) is 0 Å². The molecule has 0 aliphatic rings. The molecule has 0 bridgehead atoms. The lowest BCUT2D eigenvalue weighted by atomic mass is 10.6. The molecule has 0 aliphatic carbocycles. The van der Waals surface area contributed by atoms with Crippen molar-refractivity contribution in [3.05, 3.63) is 12.7 Å². The molecule has 0 rings (SSSR count). The second-order valence-electron chi connectivity index (χ2n) is 1.38. The minimum absolute atomic E-state index is 0.0218. The van der Waals surface area contributed by atoms with Crippen molar-refractivity contribution in [2.45, 2.75) is 0 Å².